The predicted octanol–water partition coefficient (Wildman–Crippen LogP) is 2.52. The molecule has 1 aromatic rings. The fraction of sp³-hybridized carbons (Fsp3) is 0.462. The van der Waals surface area contributed by atoms with Crippen LogP contribution in [-0.4, -0.2) is 19.4 Å². The second-order valence-electron chi connectivity index (χ2n) is 4.60. The molecule has 0 spiro atoms. The fourth-order valence-corrected chi connectivity index (χ4v) is 2.19. The SMILES string of the molecule is CC(C)CN1CCc2cc(C=O)ccc21. The van der Waals surface area contributed by atoms with E-state index in [1.54, 1.807) is 0 Å². The lowest BCUT2D eigenvalue weighted by molar-refractivity contribution is 0.112. The van der Waals surface area contributed by atoms with Crippen LogP contribution in [0.4, 0.5) is 5.69 Å². The van der Waals surface area contributed by atoms with Crippen LogP contribution in [0.15, 0.2) is 18.2 Å². The van der Waals surface area contributed by atoms with Crippen molar-refractivity contribution in [1.29, 1.82) is 0 Å². The normalized spacial score (nSPS) is 14.5. The summed E-state index contributed by atoms with van der Waals surface area (Å²) in [5.41, 5.74) is 3.43. The third kappa shape index (κ3) is 2.04. The predicted molar refractivity (Wildman–Crippen MR) is 62.6 cm³/mol. The Morgan fingerprint density at radius 2 is 2.27 bits per heavy atom. The first kappa shape index (κ1) is 10.2. The van der Waals surface area contributed by atoms with Crippen LogP contribution >= 0.6 is 0 Å². The van der Waals surface area contributed by atoms with E-state index >= 15 is 0 Å². The average Bonchev–Trinajstić information content (AvgIpc) is 2.60. The molecule has 1 aliphatic heterocycles. The molecule has 0 atom stereocenters. The summed E-state index contributed by atoms with van der Waals surface area (Å²) >= 11 is 0. The van der Waals surface area contributed by atoms with Gasteiger partial charge in [0.2, 0.25) is 0 Å². The Bertz CT molecular complexity index is 371. The van der Waals surface area contributed by atoms with Gasteiger partial charge >= 0.3 is 0 Å². The molecule has 0 saturated heterocycles. The van der Waals surface area contributed by atoms with Gasteiger partial charge in [0.05, 0.1) is 0 Å². The third-order valence-corrected chi connectivity index (χ3v) is 2.82. The van der Waals surface area contributed by atoms with E-state index in [1.807, 2.05) is 12.1 Å². The lowest BCUT2D eigenvalue weighted by atomic mass is 10.1. The average molecular weight is 203 g/mol. The van der Waals surface area contributed by atoms with E-state index in [-0.39, 0.29) is 0 Å². The highest BCUT2D eigenvalue weighted by Crippen LogP contribution is 2.28. The van der Waals surface area contributed by atoms with Gasteiger partial charge in [-0.1, -0.05) is 13.8 Å². The highest BCUT2D eigenvalue weighted by Gasteiger charge is 2.19. The van der Waals surface area contributed by atoms with Crippen molar-refractivity contribution >= 4 is 12.0 Å². The molecular formula is C13H17NO. The van der Waals surface area contributed by atoms with Crippen LogP contribution in [0.2, 0.25) is 0 Å². The number of carbonyl (C=O) groups excluding carboxylic acids is 1. The number of hydrogen-bond acceptors (Lipinski definition) is 2. The maximum absolute atomic E-state index is 10.7. The van der Waals surface area contributed by atoms with Crippen LogP contribution in [0.25, 0.3) is 0 Å². The monoisotopic (exact) mass is 203 g/mol. The van der Waals surface area contributed by atoms with E-state index in [9.17, 15) is 4.79 Å². The minimum atomic E-state index is 0.682. The molecule has 2 heteroatoms. The zero-order chi connectivity index (χ0) is 10.8. The van der Waals surface area contributed by atoms with Crippen LogP contribution in [0.1, 0.15) is 29.8 Å². The summed E-state index contributed by atoms with van der Waals surface area (Å²) in [7, 11) is 0. The first-order chi connectivity index (χ1) is 7.20. The van der Waals surface area contributed by atoms with Gasteiger partial charge in [-0.15, -0.1) is 0 Å². The summed E-state index contributed by atoms with van der Waals surface area (Å²) in [5, 5.41) is 0. The first-order valence-electron chi connectivity index (χ1n) is 5.53. The molecule has 0 aromatic heterocycles. The van der Waals surface area contributed by atoms with Crippen molar-refractivity contribution in [2.45, 2.75) is 20.3 Å². The van der Waals surface area contributed by atoms with Gasteiger partial charge in [-0.25, -0.2) is 0 Å². The zero-order valence-electron chi connectivity index (χ0n) is 9.36. The van der Waals surface area contributed by atoms with Crippen molar-refractivity contribution in [1.82, 2.24) is 0 Å². The minimum absolute atomic E-state index is 0.682. The molecule has 1 aliphatic rings. The molecule has 0 saturated carbocycles. The van der Waals surface area contributed by atoms with Crippen LogP contribution < -0.4 is 4.90 Å². The molecular weight excluding hydrogens is 186 g/mol. The third-order valence-electron chi connectivity index (χ3n) is 2.82. The van der Waals surface area contributed by atoms with Gasteiger partial charge in [-0.3, -0.25) is 4.79 Å². The Balaban J connectivity index is 2.24. The Morgan fingerprint density at radius 3 is 2.93 bits per heavy atom. The van der Waals surface area contributed by atoms with Crippen molar-refractivity contribution in [3.05, 3.63) is 29.3 Å². The minimum Gasteiger partial charge on any atom is -0.371 e. The molecule has 0 aliphatic carbocycles. The molecule has 0 unspecified atom stereocenters. The number of carbonyl (C=O) groups is 1. The Kier molecular flexibility index (Phi) is 2.76. The summed E-state index contributed by atoms with van der Waals surface area (Å²) in [6.45, 7) is 6.67. The van der Waals surface area contributed by atoms with Crippen molar-refractivity contribution in [3.8, 4) is 0 Å². The summed E-state index contributed by atoms with van der Waals surface area (Å²) < 4.78 is 0. The first-order valence-corrected chi connectivity index (χ1v) is 5.53. The molecule has 0 N–H and O–H groups in total. The fourth-order valence-electron chi connectivity index (χ4n) is 2.19. The maximum atomic E-state index is 10.7. The number of rotatable bonds is 3. The number of hydrogen-bond donors (Lipinski definition) is 0. The number of benzene rings is 1. The summed E-state index contributed by atoms with van der Waals surface area (Å²) in [6.07, 6.45) is 2.00. The second-order valence-corrected chi connectivity index (χ2v) is 4.60. The summed E-state index contributed by atoms with van der Waals surface area (Å²) in [6, 6.07) is 6.00. The van der Waals surface area contributed by atoms with E-state index < -0.39 is 0 Å². The molecule has 2 rings (SSSR count). The highest BCUT2D eigenvalue weighted by molar-refractivity contribution is 5.77. The Hall–Kier alpha value is -1.31. The van der Waals surface area contributed by atoms with Gasteiger partial charge in [0.1, 0.15) is 6.29 Å². The smallest absolute Gasteiger partial charge is 0.150 e. The van der Waals surface area contributed by atoms with Gasteiger partial charge in [0.25, 0.3) is 0 Å². The molecule has 0 bridgehead atoms. The largest absolute Gasteiger partial charge is 0.371 e. The number of anilines is 1. The van der Waals surface area contributed by atoms with Crippen LogP contribution in [-0.2, 0) is 6.42 Å². The molecule has 1 aromatic carbocycles. The maximum Gasteiger partial charge on any atom is 0.150 e. The van der Waals surface area contributed by atoms with Gasteiger partial charge in [0.15, 0.2) is 0 Å². The lowest BCUT2D eigenvalue weighted by Gasteiger charge is -2.21. The van der Waals surface area contributed by atoms with Crippen molar-refractivity contribution in [2.24, 2.45) is 5.92 Å². The molecule has 15 heavy (non-hydrogen) atoms. The van der Waals surface area contributed by atoms with Crippen molar-refractivity contribution in [2.75, 3.05) is 18.0 Å². The van der Waals surface area contributed by atoms with Gasteiger partial charge in [-0.2, -0.15) is 0 Å². The molecule has 1 heterocycles. The molecule has 0 amide bonds. The van der Waals surface area contributed by atoms with Gasteiger partial charge in [-0.05, 0) is 36.1 Å². The summed E-state index contributed by atoms with van der Waals surface area (Å²) in [5.74, 6) is 0.682. The summed E-state index contributed by atoms with van der Waals surface area (Å²) in [4.78, 5) is 13.1. The standard InChI is InChI=1S/C13H17NO/c1-10(2)8-14-6-5-12-7-11(9-15)3-4-13(12)14/h3-4,7,9-10H,5-6,8H2,1-2H3. The molecule has 80 valence electrons. The Labute approximate surface area is 90.9 Å². The van der Waals surface area contributed by atoms with Crippen molar-refractivity contribution in [3.63, 3.8) is 0 Å². The highest BCUT2D eigenvalue weighted by atomic mass is 16.1. The Morgan fingerprint density at radius 1 is 1.47 bits per heavy atom. The van der Waals surface area contributed by atoms with E-state index in [4.69, 9.17) is 0 Å². The quantitative estimate of drug-likeness (QED) is 0.703. The lowest BCUT2D eigenvalue weighted by Crippen LogP contribution is -2.25. The van der Waals surface area contributed by atoms with Crippen LogP contribution in [0.3, 0.4) is 0 Å². The molecule has 0 radical (unpaired) electrons. The second kappa shape index (κ2) is 4.05. The van der Waals surface area contributed by atoms with E-state index in [0.717, 1.165) is 31.4 Å². The van der Waals surface area contributed by atoms with E-state index in [2.05, 4.69) is 24.8 Å². The number of nitrogens with zero attached hydrogens (tertiary/aromatic N) is 1. The van der Waals surface area contributed by atoms with Crippen LogP contribution in [0, 0.1) is 5.92 Å². The number of fused-ring (bicyclic) bond motifs is 1. The molecule has 0 fully saturated rings. The number of aldehydes is 1. The van der Waals surface area contributed by atoms with Crippen LogP contribution in [0.5, 0.6) is 0 Å². The van der Waals surface area contributed by atoms with Gasteiger partial charge < -0.3 is 4.90 Å². The van der Waals surface area contributed by atoms with E-state index in [0.29, 0.717) is 5.92 Å². The van der Waals surface area contributed by atoms with Crippen molar-refractivity contribution < 1.29 is 4.79 Å². The topological polar surface area (TPSA) is 20.3 Å². The molecule has 2 nitrogen and oxygen atoms in total. The zero-order valence-corrected chi connectivity index (χ0v) is 9.36. The van der Waals surface area contributed by atoms with Gasteiger partial charge in [0, 0.05) is 24.3 Å². The van der Waals surface area contributed by atoms with E-state index in [1.165, 1.54) is 11.3 Å².